The van der Waals surface area contributed by atoms with Gasteiger partial charge in [-0.05, 0) is 54.7 Å². The van der Waals surface area contributed by atoms with Crippen molar-refractivity contribution in [1.29, 1.82) is 0 Å². The summed E-state index contributed by atoms with van der Waals surface area (Å²) in [4.78, 5) is 23.0. The van der Waals surface area contributed by atoms with Crippen LogP contribution in [0.2, 0.25) is 0 Å². The molecule has 1 N–H and O–H groups in total. The molecule has 184 valence electrons. The largest absolute Gasteiger partial charge is 0.489 e. The number of rotatable bonds is 15. The van der Waals surface area contributed by atoms with Crippen molar-refractivity contribution < 1.29 is 24.2 Å². The second-order valence-corrected chi connectivity index (χ2v) is 8.64. The zero-order chi connectivity index (χ0) is 24.9. The van der Waals surface area contributed by atoms with E-state index >= 15 is 0 Å². The number of ketones is 1. The first-order chi connectivity index (χ1) is 17.0. The van der Waals surface area contributed by atoms with Crippen molar-refractivity contribution in [3.05, 3.63) is 95.6 Å². The minimum atomic E-state index is -0.879. The Morgan fingerprint density at radius 2 is 1.49 bits per heavy atom. The summed E-state index contributed by atoms with van der Waals surface area (Å²) in [5, 5.41) is 8.76. The summed E-state index contributed by atoms with van der Waals surface area (Å²) in [6.07, 6.45) is 4.67. The fraction of sp³-hybridized carbons (Fsp3) is 0.333. The van der Waals surface area contributed by atoms with Crippen LogP contribution in [0.4, 0.5) is 0 Å². The van der Waals surface area contributed by atoms with E-state index in [9.17, 15) is 9.59 Å². The van der Waals surface area contributed by atoms with Crippen molar-refractivity contribution >= 4 is 11.8 Å². The number of carbonyl (C=O) groups excluding carboxylic acids is 1. The lowest BCUT2D eigenvalue weighted by Crippen LogP contribution is -2.09. The molecule has 0 saturated heterocycles. The van der Waals surface area contributed by atoms with E-state index in [1.54, 1.807) is 0 Å². The first-order valence-corrected chi connectivity index (χ1v) is 12.3. The van der Waals surface area contributed by atoms with Crippen molar-refractivity contribution in [2.45, 2.75) is 64.6 Å². The van der Waals surface area contributed by atoms with Crippen LogP contribution >= 0.6 is 0 Å². The number of hydrogen-bond acceptors (Lipinski definition) is 4. The lowest BCUT2D eigenvalue weighted by atomic mass is 9.99. The molecule has 0 radical (unpaired) electrons. The van der Waals surface area contributed by atoms with E-state index in [-0.39, 0.29) is 24.7 Å². The number of aliphatic carboxylic acids is 1. The van der Waals surface area contributed by atoms with Gasteiger partial charge in [-0.2, -0.15) is 0 Å². The molecular weight excluding hydrogens is 440 g/mol. The molecule has 35 heavy (non-hydrogen) atoms. The van der Waals surface area contributed by atoms with Crippen LogP contribution in [0.3, 0.4) is 0 Å². The smallest absolute Gasteiger partial charge is 0.303 e. The minimum Gasteiger partial charge on any atom is -0.489 e. The number of Topliss-reactive ketones (excluding diaryl/α,β-unsaturated/α-hetero) is 1. The molecule has 0 aliphatic heterocycles. The fourth-order valence-electron chi connectivity index (χ4n) is 3.82. The zero-order valence-electron chi connectivity index (χ0n) is 20.3. The summed E-state index contributed by atoms with van der Waals surface area (Å²) in [7, 11) is 0. The highest BCUT2D eigenvalue weighted by Gasteiger charge is 2.15. The lowest BCUT2D eigenvalue weighted by molar-refractivity contribution is -0.137. The standard InChI is InChI=1S/C30H34O5/c1-2-3-5-12-29(25-16-14-24(15-17-25)28(31)11-8-13-30(32)33)35-27-20-18-26(19-21-27)34-22-23-9-6-4-7-10-23/h4,6-7,9-10,14-21,29H,2-3,5,8,11-13,22H2,1H3,(H,32,33). The average Bonchev–Trinajstić information content (AvgIpc) is 2.88. The number of carboxylic acids is 1. The number of carbonyl (C=O) groups is 2. The van der Waals surface area contributed by atoms with Crippen molar-refractivity contribution in [2.75, 3.05) is 0 Å². The maximum absolute atomic E-state index is 12.3. The third-order valence-corrected chi connectivity index (χ3v) is 5.82. The first kappa shape index (κ1) is 26.0. The van der Waals surface area contributed by atoms with Gasteiger partial charge in [-0.3, -0.25) is 9.59 Å². The van der Waals surface area contributed by atoms with Crippen molar-refractivity contribution in [3.8, 4) is 11.5 Å². The minimum absolute atomic E-state index is 0.00719. The van der Waals surface area contributed by atoms with Gasteiger partial charge in [0.05, 0.1) is 0 Å². The normalized spacial score (nSPS) is 11.6. The van der Waals surface area contributed by atoms with Gasteiger partial charge in [0.25, 0.3) is 0 Å². The molecule has 0 fully saturated rings. The lowest BCUT2D eigenvalue weighted by Gasteiger charge is -2.20. The SMILES string of the molecule is CCCCCC(Oc1ccc(OCc2ccccc2)cc1)c1ccc(C(=O)CCCC(=O)O)cc1. The summed E-state index contributed by atoms with van der Waals surface area (Å²) in [5.41, 5.74) is 2.74. The predicted octanol–water partition coefficient (Wildman–Crippen LogP) is 7.40. The molecule has 0 aromatic heterocycles. The van der Waals surface area contributed by atoms with Gasteiger partial charge in [0.15, 0.2) is 5.78 Å². The van der Waals surface area contributed by atoms with E-state index in [0.717, 1.165) is 48.3 Å². The number of unbranched alkanes of at least 4 members (excludes halogenated alkanes) is 2. The second kappa shape index (κ2) is 14.0. The van der Waals surface area contributed by atoms with Gasteiger partial charge in [0.1, 0.15) is 24.2 Å². The molecule has 5 heteroatoms. The van der Waals surface area contributed by atoms with Crippen LogP contribution in [0.25, 0.3) is 0 Å². The number of benzene rings is 3. The molecule has 3 aromatic rings. The van der Waals surface area contributed by atoms with Crippen LogP contribution in [0, 0.1) is 0 Å². The Balaban J connectivity index is 1.61. The maximum Gasteiger partial charge on any atom is 0.303 e. The highest BCUT2D eigenvalue weighted by atomic mass is 16.5. The van der Waals surface area contributed by atoms with E-state index in [0.29, 0.717) is 18.6 Å². The predicted molar refractivity (Wildman–Crippen MR) is 137 cm³/mol. The van der Waals surface area contributed by atoms with Crippen molar-refractivity contribution in [3.63, 3.8) is 0 Å². The van der Waals surface area contributed by atoms with E-state index in [2.05, 4.69) is 6.92 Å². The number of carboxylic acid groups (broad SMARTS) is 1. The summed E-state index contributed by atoms with van der Waals surface area (Å²) < 4.78 is 12.2. The maximum atomic E-state index is 12.3. The average molecular weight is 475 g/mol. The Hall–Kier alpha value is -3.60. The molecule has 1 unspecified atom stereocenters. The van der Waals surface area contributed by atoms with Gasteiger partial charge >= 0.3 is 5.97 Å². The van der Waals surface area contributed by atoms with E-state index in [1.165, 1.54) is 0 Å². The highest BCUT2D eigenvalue weighted by Crippen LogP contribution is 2.29. The van der Waals surface area contributed by atoms with Gasteiger partial charge in [-0.15, -0.1) is 0 Å². The number of hydrogen-bond donors (Lipinski definition) is 1. The summed E-state index contributed by atoms with van der Waals surface area (Å²) in [6.45, 7) is 2.69. The third-order valence-electron chi connectivity index (χ3n) is 5.82. The molecule has 0 aliphatic carbocycles. The van der Waals surface area contributed by atoms with Gasteiger partial charge in [-0.25, -0.2) is 0 Å². The van der Waals surface area contributed by atoms with Crippen LogP contribution in [-0.4, -0.2) is 16.9 Å². The van der Waals surface area contributed by atoms with Crippen molar-refractivity contribution in [1.82, 2.24) is 0 Å². The Bertz CT molecular complexity index is 1040. The Kier molecular flexibility index (Phi) is 10.4. The molecule has 0 spiro atoms. The molecule has 5 nitrogen and oxygen atoms in total. The van der Waals surface area contributed by atoms with Gasteiger partial charge in [0.2, 0.25) is 0 Å². The summed E-state index contributed by atoms with van der Waals surface area (Å²) in [6, 6.07) is 25.2. The fourth-order valence-corrected chi connectivity index (χ4v) is 3.82. The van der Waals surface area contributed by atoms with Crippen LogP contribution in [0.15, 0.2) is 78.9 Å². The summed E-state index contributed by atoms with van der Waals surface area (Å²) >= 11 is 0. The van der Waals surface area contributed by atoms with Gasteiger partial charge in [-0.1, -0.05) is 74.4 Å². The molecule has 0 saturated carbocycles. The van der Waals surface area contributed by atoms with Crippen LogP contribution in [0.5, 0.6) is 11.5 Å². The highest BCUT2D eigenvalue weighted by molar-refractivity contribution is 5.96. The first-order valence-electron chi connectivity index (χ1n) is 12.3. The van der Waals surface area contributed by atoms with Gasteiger partial charge in [0, 0.05) is 18.4 Å². The molecule has 1 atom stereocenters. The van der Waals surface area contributed by atoms with Crippen LogP contribution < -0.4 is 9.47 Å². The quantitative estimate of drug-likeness (QED) is 0.183. The molecular formula is C30H34O5. The number of ether oxygens (including phenoxy) is 2. The Labute approximate surface area is 207 Å². The van der Waals surface area contributed by atoms with Gasteiger partial charge < -0.3 is 14.6 Å². The zero-order valence-corrected chi connectivity index (χ0v) is 20.3. The monoisotopic (exact) mass is 474 g/mol. The molecule has 0 bridgehead atoms. The molecule has 0 aliphatic rings. The van der Waals surface area contributed by atoms with Crippen LogP contribution in [-0.2, 0) is 11.4 Å². The Morgan fingerprint density at radius 3 is 2.14 bits per heavy atom. The van der Waals surface area contributed by atoms with E-state index < -0.39 is 5.97 Å². The van der Waals surface area contributed by atoms with E-state index in [4.69, 9.17) is 14.6 Å². The molecule has 0 amide bonds. The Morgan fingerprint density at radius 1 is 0.800 bits per heavy atom. The molecule has 0 heterocycles. The molecule has 3 rings (SSSR count). The molecule has 3 aromatic carbocycles. The topological polar surface area (TPSA) is 72.8 Å². The van der Waals surface area contributed by atoms with E-state index in [1.807, 2.05) is 78.9 Å². The summed E-state index contributed by atoms with van der Waals surface area (Å²) in [5.74, 6) is 0.644. The second-order valence-electron chi connectivity index (χ2n) is 8.64. The van der Waals surface area contributed by atoms with Crippen LogP contribution in [0.1, 0.15) is 79.5 Å². The van der Waals surface area contributed by atoms with Crippen molar-refractivity contribution in [2.24, 2.45) is 0 Å². The third kappa shape index (κ3) is 8.93.